The predicted molar refractivity (Wildman–Crippen MR) is 38.5 cm³/mol. The van der Waals surface area contributed by atoms with E-state index in [-0.39, 0.29) is 0 Å². The number of aliphatic imine (C=N–C) groups is 1. The minimum absolute atomic E-state index is 0.435. The number of carbonyl (C=O) groups is 2. The van der Waals surface area contributed by atoms with E-state index in [2.05, 4.69) is 4.99 Å². The fraction of sp³-hybridized carbons (Fsp3) is 0.500. The molecule has 0 radical (unpaired) electrons. The van der Waals surface area contributed by atoms with Crippen LogP contribution < -0.4 is 0 Å². The van der Waals surface area contributed by atoms with Crippen LogP contribution in [0.3, 0.4) is 0 Å². The summed E-state index contributed by atoms with van der Waals surface area (Å²) in [6, 6.07) is -1.67. The molecule has 12 heavy (non-hydrogen) atoms. The normalized spacial score (nSPS) is 8.92. The second-order valence-electron chi connectivity index (χ2n) is 2.23. The van der Waals surface area contributed by atoms with Gasteiger partial charge in [0.15, 0.2) is 0 Å². The quantitative estimate of drug-likeness (QED) is 0.468. The Labute approximate surface area is 68.5 Å². The molecule has 6 nitrogen and oxygen atoms in total. The molecule has 3 amide bonds. The zero-order valence-corrected chi connectivity index (χ0v) is 6.64. The number of imide groups is 1. The fourth-order valence-corrected chi connectivity index (χ4v) is 0.616. The SMILES string of the molecule is CC(C)N(C(=O)O)C(=O)N=C=O. The van der Waals surface area contributed by atoms with E-state index >= 15 is 0 Å². The Morgan fingerprint density at radius 2 is 2.00 bits per heavy atom. The molecule has 0 fully saturated rings. The highest BCUT2D eigenvalue weighted by molar-refractivity contribution is 5.92. The van der Waals surface area contributed by atoms with Crippen molar-refractivity contribution in [1.82, 2.24) is 4.90 Å². The van der Waals surface area contributed by atoms with E-state index in [9.17, 15) is 14.4 Å². The molecule has 0 aromatic rings. The van der Waals surface area contributed by atoms with Crippen LogP contribution in [0.4, 0.5) is 9.59 Å². The van der Waals surface area contributed by atoms with E-state index in [1.165, 1.54) is 13.8 Å². The highest BCUT2D eigenvalue weighted by atomic mass is 16.4. The van der Waals surface area contributed by atoms with Gasteiger partial charge in [-0.05, 0) is 13.8 Å². The van der Waals surface area contributed by atoms with Crippen LogP contribution >= 0.6 is 0 Å². The van der Waals surface area contributed by atoms with Crippen LogP contribution in [0.5, 0.6) is 0 Å². The van der Waals surface area contributed by atoms with Crippen LogP contribution in [0.1, 0.15) is 13.8 Å². The third-order valence-corrected chi connectivity index (χ3v) is 1.07. The summed E-state index contributed by atoms with van der Waals surface area (Å²) in [5.74, 6) is 0. The third kappa shape index (κ3) is 2.51. The number of hydrogen-bond acceptors (Lipinski definition) is 3. The van der Waals surface area contributed by atoms with Gasteiger partial charge in [0.2, 0.25) is 6.08 Å². The molecule has 0 aliphatic heterocycles. The number of rotatable bonds is 1. The summed E-state index contributed by atoms with van der Waals surface area (Å²) in [6.45, 7) is 2.98. The maximum absolute atomic E-state index is 10.7. The zero-order valence-electron chi connectivity index (χ0n) is 6.64. The lowest BCUT2D eigenvalue weighted by Gasteiger charge is -2.17. The topological polar surface area (TPSA) is 87.0 Å². The van der Waals surface area contributed by atoms with E-state index in [1.807, 2.05) is 0 Å². The van der Waals surface area contributed by atoms with Crippen LogP contribution in [0.2, 0.25) is 0 Å². The van der Waals surface area contributed by atoms with Crippen molar-refractivity contribution in [2.45, 2.75) is 19.9 Å². The van der Waals surface area contributed by atoms with Gasteiger partial charge in [0.25, 0.3) is 0 Å². The minimum Gasteiger partial charge on any atom is -0.465 e. The van der Waals surface area contributed by atoms with Crippen LogP contribution in [0, 0.1) is 0 Å². The van der Waals surface area contributed by atoms with Gasteiger partial charge in [-0.25, -0.2) is 19.3 Å². The molecule has 0 heterocycles. The van der Waals surface area contributed by atoms with Gasteiger partial charge in [0.05, 0.1) is 0 Å². The lowest BCUT2D eigenvalue weighted by molar-refractivity contribution is 0.141. The smallest absolute Gasteiger partial charge is 0.415 e. The van der Waals surface area contributed by atoms with Crippen molar-refractivity contribution in [3.05, 3.63) is 0 Å². The van der Waals surface area contributed by atoms with E-state index in [0.717, 1.165) is 6.08 Å². The molecular weight excluding hydrogens is 164 g/mol. The van der Waals surface area contributed by atoms with Crippen LogP contribution in [0.15, 0.2) is 4.99 Å². The summed E-state index contributed by atoms with van der Waals surface area (Å²) in [4.78, 5) is 33.9. The highest BCUT2D eigenvalue weighted by Crippen LogP contribution is 2.00. The summed E-state index contributed by atoms with van der Waals surface area (Å²) < 4.78 is 0. The predicted octanol–water partition coefficient (Wildman–Crippen LogP) is 0.831. The third-order valence-electron chi connectivity index (χ3n) is 1.07. The highest BCUT2D eigenvalue weighted by Gasteiger charge is 2.23. The molecule has 1 N–H and O–H groups in total. The average Bonchev–Trinajstić information content (AvgIpc) is 1.85. The molecule has 0 unspecified atom stereocenters. The average molecular weight is 172 g/mol. The first-order chi connectivity index (χ1) is 5.50. The second-order valence-corrected chi connectivity index (χ2v) is 2.23. The van der Waals surface area contributed by atoms with E-state index in [1.54, 1.807) is 0 Å². The maximum Gasteiger partial charge on any atom is 0.415 e. The number of isocyanates is 1. The Kier molecular flexibility index (Phi) is 3.66. The molecule has 0 saturated carbocycles. The van der Waals surface area contributed by atoms with Gasteiger partial charge in [-0.1, -0.05) is 0 Å². The number of urea groups is 1. The Hall–Kier alpha value is -1.68. The van der Waals surface area contributed by atoms with E-state index in [4.69, 9.17) is 5.11 Å². The summed E-state index contributed by atoms with van der Waals surface area (Å²) in [7, 11) is 0. The van der Waals surface area contributed by atoms with Crippen LogP contribution in [-0.4, -0.2) is 34.3 Å². The second kappa shape index (κ2) is 4.25. The van der Waals surface area contributed by atoms with Crippen molar-refractivity contribution >= 4 is 18.2 Å². The van der Waals surface area contributed by atoms with Crippen molar-refractivity contribution < 1.29 is 19.5 Å². The Morgan fingerprint density at radius 3 is 2.25 bits per heavy atom. The van der Waals surface area contributed by atoms with Crippen molar-refractivity contribution in [2.75, 3.05) is 0 Å². The molecule has 0 saturated heterocycles. The molecule has 0 aromatic carbocycles. The van der Waals surface area contributed by atoms with Gasteiger partial charge in [-0.3, -0.25) is 0 Å². The largest absolute Gasteiger partial charge is 0.465 e. The number of amides is 3. The summed E-state index contributed by atoms with van der Waals surface area (Å²) in [5, 5.41) is 8.46. The first-order valence-corrected chi connectivity index (χ1v) is 3.14. The molecule has 0 bridgehead atoms. The van der Waals surface area contributed by atoms with Crippen molar-refractivity contribution in [1.29, 1.82) is 0 Å². The van der Waals surface area contributed by atoms with Crippen molar-refractivity contribution in [2.24, 2.45) is 4.99 Å². The van der Waals surface area contributed by atoms with Crippen LogP contribution in [-0.2, 0) is 4.79 Å². The first-order valence-electron chi connectivity index (χ1n) is 3.14. The van der Waals surface area contributed by atoms with Gasteiger partial charge < -0.3 is 5.11 Å². The number of carbonyl (C=O) groups excluding carboxylic acids is 2. The lowest BCUT2D eigenvalue weighted by atomic mass is 10.3. The molecule has 0 atom stereocenters. The standard InChI is InChI=1S/C6H8N2O4/c1-4(2)8(6(11)12)5(10)7-3-9/h4H,1-2H3,(H,11,12). The fourth-order valence-electron chi connectivity index (χ4n) is 0.616. The molecule has 0 rings (SSSR count). The summed E-state index contributed by atoms with van der Waals surface area (Å²) in [5.41, 5.74) is 0. The summed E-state index contributed by atoms with van der Waals surface area (Å²) >= 11 is 0. The van der Waals surface area contributed by atoms with Crippen molar-refractivity contribution in [3.63, 3.8) is 0 Å². The molecular formula is C6H8N2O4. The van der Waals surface area contributed by atoms with Gasteiger partial charge in [0, 0.05) is 6.04 Å². The number of carboxylic acid groups (broad SMARTS) is 1. The number of nitrogens with zero attached hydrogens (tertiary/aromatic N) is 2. The van der Waals surface area contributed by atoms with E-state index < -0.39 is 18.2 Å². The molecule has 66 valence electrons. The summed E-state index contributed by atoms with van der Waals surface area (Å²) in [6.07, 6.45) is -0.458. The van der Waals surface area contributed by atoms with Gasteiger partial charge in [-0.2, -0.15) is 0 Å². The number of hydrogen-bond donors (Lipinski definition) is 1. The maximum atomic E-state index is 10.7. The Balaban J connectivity index is 4.63. The zero-order chi connectivity index (χ0) is 9.72. The van der Waals surface area contributed by atoms with Gasteiger partial charge in [0.1, 0.15) is 0 Å². The van der Waals surface area contributed by atoms with Crippen molar-refractivity contribution in [3.8, 4) is 0 Å². The Bertz CT molecular complexity index is 242. The molecule has 0 aromatic heterocycles. The monoisotopic (exact) mass is 172 g/mol. The molecule has 0 aliphatic carbocycles. The lowest BCUT2D eigenvalue weighted by Crippen LogP contribution is -2.39. The molecule has 6 heteroatoms. The Morgan fingerprint density at radius 1 is 1.50 bits per heavy atom. The minimum atomic E-state index is -1.44. The first kappa shape index (κ1) is 10.3. The molecule has 0 aliphatic rings. The van der Waals surface area contributed by atoms with Crippen LogP contribution in [0.25, 0.3) is 0 Å². The molecule has 0 spiro atoms. The van der Waals surface area contributed by atoms with Gasteiger partial charge >= 0.3 is 12.1 Å². The van der Waals surface area contributed by atoms with E-state index in [0.29, 0.717) is 4.90 Å². The van der Waals surface area contributed by atoms with Gasteiger partial charge in [-0.15, -0.1) is 4.99 Å².